The van der Waals surface area contributed by atoms with E-state index >= 15 is 0 Å². The highest BCUT2D eigenvalue weighted by atomic mass is 16.3. The Labute approximate surface area is 93.1 Å². The SMILES string of the molecule is CC[C@H](CC(C)(C)C)c1ccc(O)cc1. The minimum atomic E-state index is 0.351. The van der Waals surface area contributed by atoms with Crippen LogP contribution < -0.4 is 0 Å². The van der Waals surface area contributed by atoms with Gasteiger partial charge in [-0.1, -0.05) is 39.8 Å². The maximum Gasteiger partial charge on any atom is 0.115 e. The number of aromatic hydroxyl groups is 1. The Morgan fingerprint density at radius 3 is 2.07 bits per heavy atom. The van der Waals surface area contributed by atoms with Gasteiger partial charge in [-0.05, 0) is 41.9 Å². The summed E-state index contributed by atoms with van der Waals surface area (Å²) in [6, 6.07) is 7.63. The smallest absolute Gasteiger partial charge is 0.115 e. The van der Waals surface area contributed by atoms with Gasteiger partial charge in [-0.3, -0.25) is 0 Å². The minimum absolute atomic E-state index is 0.351. The van der Waals surface area contributed by atoms with E-state index in [1.807, 2.05) is 12.1 Å². The van der Waals surface area contributed by atoms with Crippen molar-refractivity contribution in [3.8, 4) is 5.75 Å². The van der Waals surface area contributed by atoms with E-state index in [0.717, 1.165) is 6.42 Å². The number of phenols is 1. The molecule has 0 saturated carbocycles. The summed E-state index contributed by atoms with van der Waals surface area (Å²) >= 11 is 0. The van der Waals surface area contributed by atoms with Crippen LogP contribution in [0.4, 0.5) is 0 Å². The maximum absolute atomic E-state index is 9.24. The zero-order chi connectivity index (χ0) is 11.5. The molecule has 0 aliphatic rings. The topological polar surface area (TPSA) is 20.2 Å². The average Bonchev–Trinajstić information content (AvgIpc) is 2.14. The first kappa shape index (κ1) is 12.1. The lowest BCUT2D eigenvalue weighted by molar-refractivity contribution is 0.335. The molecule has 0 unspecified atom stereocenters. The molecule has 0 aromatic heterocycles. The van der Waals surface area contributed by atoms with Crippen molar-refractivity contribution in [2.45, 2.75) is 46.5 Å². The molecular formula is C14H22O. The molecule has 84 valence electrons. The summed E-state index contributed by atoms with van der Waals surface area (Å²) < 4.78 is 0. The fourth-order valence-electron chi connectivity index (χ4n) is 1.98. The second-order valence-electron chi connectivity index (χ2n) is 5.46. The van der Waals surface area contributed by atoms with Crippen molar-refractivity contribution in [1.29, 1.82) is 0 Å². The summed E-state index contributed by atoms with van der Waals surface area (Å²) in [4.78, 5) is 0. The molecule has 1 rings (SSSR count). The fraction of sp³-hybridized carbons (Fsp3) is 0.571. The Balaban J connectivity index is 2.79. The van der Waals surface area contributed by atoms with E-state index < -0.39 is 0 Å². The number of hydrogen-bond donors (Lipinski definition) is 1. The molecule has 1 heteroatoms. The number of benzene rings is 1. The molecule has 15 heavy (non-hydrogen) atoms. The zero-order valence-electron chi connectivity index (χ0n) is 10.2. The molecule has 0 fully saturated rings. The summed E-state index contributed by atoms with van der Waals surface area (Å²) in [7, 11) is 0. The van der Waals surface area contributed by atoms with E-state index in [1.54, 1.807) is 12.1 Å². The standard InChI is InChI=1S/C14H22O/c1-5-11(10-14(2,3)4)12-6-8-13(15)9-7-12/h6-9,11,15H,5,10H2,1-4H3/t11-/m1/s1. The van der Waals surface area contributed by atoms with Crippen molar-refractivity contribution in [1.82, 2.24) is 0 Å². The summed E-state index contributed by atoms with van der Waals surface area (Å²) in [5, 5.41) is 9.24. The van der Waals surface area contributed by atoms with Crippen LogP contribution in [0.15, 0.2) is 24.3 Å². The van der Waals surface area contributed by atoms with E-state index in [-0.39, 0.29) is 0 Å². The van der Waals surface area contributed by atoms with Gasteiger partial charge in [0, 0.05) is 0 Å². The highest BCUT2D eigenvalue weighted by Gasteiger charge is 2.18. The third-order valence-electron chi connectivity index (χ3n) is 2.72. The van der Waals surface area contributed by atoms with Crippen LogP contribution in [0.2, 0.25) is 0 Å². The third-order valence-corrected chi connectivity index (χ3v) is 2.72. The predicted molar refractivity (Wildman–Crippen MR) is 65.2 cm³/mol. The monoisotopic (exact) mass is 206 g/mol. The van der Waals surface area contributed by atoms with Gasteiger partial charge >= 0.3 is 0 Å². The Bertz CT molecular complexity index is 292. The lowest BCUT2D eigenvalue weighted by Gasteiger charge is -2.25. The minimum Gasteiger partial charge on any atom is -0.508 e. The average molecular weight is 206 g/mol. The van der Waals surface area contributed by atoms with Gasteiger partial charge in [0.1, 0.15) is 5.75 Å². The van der Waals surface area contributed by atoms with Gasteiger partial charge in [-0.25, -0.2) is 0 Å². The van der Waals surface area contributed by atoms with Crippen molar-refractivity contribution in [3.63, 3.8) is 0 Å². The molecule has 0 spiro atoms. The summed E-state index contributed by atoms with van der Waals surface area (Å²) in [6.45, 7) is 9.05. The van der Waals surface area contributed by atoms with Crippen LogP contribution in [-0.2, 0) is 0 Å². The second kappa shape index (κ2) is 4.69. The van der Waals surface area contributed by atoms with E-state index in [0.29, 0.717) is 17.1 Å². The van der Waals surface area contributed by atoms with Crippen molar-refractivity contribution >= 4 is 0 Å². The molecule has 1 atom stereocenters. The van der Waals surface area contributed by atoms with E-state index in [2.05, 4.69) is 27.7 Å². The first-order chi connectivity index (χ1) is 6.92. The first-order valence-corrected chi connectivity index (χ1v) is 5.71. The van der Waals surface area contributed by atoms with E-state index in [9.17, 15) is 5.11 Å². The molecule has 0 aliphatic carbocycles. The van der Waals surface area contributed by atoms with Crippen LogP contribution in [0.5, 0.6) is 5.75 Å². The Morgan fingerprint density at radius 1 is 1.13 bits per heavy atom. The van der Waals surface area contributed by atoms with Crippen LogP contribution in [0, 0.1) is 5.41 Å². The van der Waals surface area contributed by atoms with Crippen molar-refractivity contribution in [2.24, 2.45) is 5.41 Å². The normalized spacial score (nSPS) is 13.9. The Morgan fingerprint density at radius 2 is 1.67 bits per heavy atom. The molecule has 0 heterocycles. The summed E-state index contributed by atoms with van der Waals surface area (Å²) in [5.41, 5.74) is 1.70. The molecule has 0 radical (unpaired) electrons. The predicted octanol–water partition coefficient (Wildman–Crippen LogP) is 4.32. The quantitative estimate of drug-likeness (QED) is 0.780. The lowest BCUT2D eigenvalue weighted by Crippen LogP contribution is -2.11. The molecule has 1 aromatic rings. The lowest BCUT2D eigenvalue weighted by atomic mass is 9.80. The van der Waals surface area contributed by atoms with Gasteiger partial charge in [-0.15, -0.1) is 0 Å². The Kier molecular flexibility index (Phi) is 3.78. The fourth-order valence-corrected chi connectivity index (χ4v) is 1.98. The van der Waals surface area contributed by atoms with Gasteiger partial charge in [0.2, 0.25) is 0 Å². The molecule has 1 N–H and O–H groups in total. The highest BCUT2D eigenvalue weighted by Crippen LogP contribution is 2.33. The van der Waals surface area contributed by atoms with Crippen LogP contribution in [0.1, 0.15) is 52.0 Å². The molecule has 0 bridgehead atoms. The summed E-state index contributed by atoms with van der Waals surface area (Å²) in [6.07, 6.45) is 2.34. The molecular weight excluding hydrogens is 184 g/mol. The van der Waals surface area contributed by atoms with Crippen LogP contribution >= 0.6 is 0 Å². The van der Waals surface area contributed by atoms with Crippen molar-refractivity contribution < 1.29 is 5.11 Å². The van der Waals surface area contributed by atoms with Crippen LogP contribution in [0.3, 0.4) is 0 Å². The maximum atomic E-state index is 9.24. The van der Waals surface area contributed by atoms with Crippen LogP contribution in [0.25, 0.3) is 0 Å². The Hall–Kier alpha value is -0.980. The number of rotatable bonds is 3. The molecule has 1 aromatic carbocycles. The van der Waals surface area contributed by atoms with Gasteiger partial charge in [0.15, 0.2) is 0 Å². The third kappa shape index (κ3) is 3.94. The van der Waals surface area contributed by atoms with Gasteiger partial charge in [-0.2, -0.15) is 0 Å². The molecule has 0 amide bonds. The van der Waals surface area contributed by atoms with Gasteiger partial charge in [0.25, 0.3) is 0 Å². The molecule has 1 nitrogen and oxygen atoms in total. The van der Waals surface area contributed by atoms with Gasteiger partial charge in [0.05, 0.1) is 0 Å². The largest absolute Gasteiger partial charge is 0.508 e. The van der Waals surface area contributed by atoms with E-state index in [1.165, 1.54) is 12.0 Å². The van der Waals surface area contributed by atoms with E-state index in [4.69, 9.17) is 0 Å². The molecule has 0 aliphatic heterocycles. The second-order valence-corrected chi connectivity index (χ2v) is 5.46. The highest BCUT2D eigenvalue weighted by molar-refractivity contribution is 5.28. The van der Waals surface area contributed by atoms with Crippen molar-refractivity contribution in [2.75, 3.05) is 0 Å². The number of hydrogen-bond acceptors (Lipinski definition) is 1. The molecule has 0 saturated heterocycles. The van der Waals surface area contributed by atoms with Crippen LogP contribution in [-0.4, -0.2) is 5.11 Å². The first-order valence-electron chi connectivity index (χ1n) is 5.71. The number of phenolic OH excluding ortho intramolecular Hbond substituents is 1. The van der Waals surface area contributed by atoms with Gasteiger partial charge < -0.3 is 5.11 Å². The van der Waals surface area contributed by atoms with Crippen molar-refractivity contribution in [3.05, 3.63) is 29.8 Å². The zero-order valence-corrected chi connectivity index (χ0v) is 10.2. The summed E-state index contributed by atoms with van der Waals surface area (Å²) in [5.74, 6) is 0.954.